The molecule has 6 nitrogen and oxygen atoms in total. The van der Waals surface area contributed by atoms with Crippen molar-refractivity contribution in [1.29, 1.82) is 0 Å². The molecule has 1 aliphatic heterocycles. The van der Waals surface area contributed by atoms with Crippen LogP contribution in [-0.2, 0) is 13.0 Å². The van der Waals surface area contributed by atoms with Crippen molar-refractivity contribution >= 4 is 17.0 Å². The van der Waals surface area contributed by atoms with E-state index in [1.165, 1.54) is 18.3 Å². The number of nitrogens with zero attached hydrogens (tertiary/aromatic N) is 2. The number of nitrogens with one attached hydrogen (secondary N) is 1. The van der Waals surface area contributed by atoms with Crippen LogP contribution in [0.2, 0.25) is 0 Å². The zero-order chi connectivity index (χ0) is 21.5. The molecule has 0 spiro atoms. The molecule has 1 amide bonds. The standard InChI is InChI=1S/C23H17F2N3O3/c24-21(25)16-6-3-9-26-18(16)11-19-14-4-1-2-5-15(14)22(29)28(19)12-13-7-8-17-20(10-13)31-23(30)27-17/h1-10,19,21H,11-12H2,(H,27,30)/t19-/m0/s1. The van der Waals surface area contributed by atoms with Crippen LogP contribution < -0.4 is 5.76 Å². The topological polar surface area (TPSA) is 79.2 Å². The number of rotatable bonds is 5. The monoisotopic (exact) mass is 421 g/mol. The number of hydrogen-bond acceptors (Lipinski definition) is 4. The van der Waals surface area contributed by atoms with Crippen LogP contribution in [0.1, 0.15) is 45.2 Å². The number of halogens is 2. The van der Waals surface area contributed by atoms with Gasteiger partial charge in [0.1, 0.15) is 0 Å². The highest BCUT2D eigenvalue weighted by Gasteiger charge is 2.37. The van der Waals surface area contributed by atoms with Crippen LogP contribution in [0.25, 0.3) is 11.1 Å². The average Bonchev–Trinajstić information content (AvgIpc) is 3.26. The molecule has 0 fully saturated rings. The predicted octanol–water partition coefficient (Wildman–Crippen LogP) is 4.39. The molecule has 2 aromatic carbocycles. The number of aromatic nitrogens is 2. The summed E-state index contributed by atoms with van der Waals surface area (Å²) in [5, 5.41) is 0. The van der Waals surface area contributed by atoms with Gasteiger partial charge in [-0.1, -0.05) is 24.3 Å². The van der Waals surface area contributed by atoms with Gasteiger partial charge in [0.05, 0.1) is 17.3 Å². The molecule has 156 valence electrons. The molecule has 0 aliphatic carbocycles. The van der Waals surface area contributed by atoms with Gasteiger partial charge in [0.15, 0.2) is 5.58 Å². The van der Waals surface area contributed by atoms with Crippen molar-refractivity contribution in [2.75, 3.05) is 0 Å². The molecule has 3 heterocycles. The Bertz CT molecular complexity index is 1350. The Morgan fingerprint density at radius 3 is 2.77 bits per heavy atom. The Morgan fingerprint density at radius 2 is 1.94 bits per heavy atom. The van der Waals surface area contributed by atoms with Crippen molar-refractivity contribution in [3.8, 4) is 0 Å². The van der Waals surface area contributed by atoms with Gasteiger partial charge in [-0.05, 0) is 41.5 Å². The number of aromatic amines is 1. The molecule has 0 radical (unpaired) electrons. The third-order valence-electron chi connectivity index (χ3n) is 5.57. The first-order valence-electron chi connectivity index (χ1n) is 9.75. The van der Waals surface area contributed by atoms with Gasteiger partial charge >= 0.3 is 5.76 Å². The zero-order valence-electron chi connectivity index (χ0n) is 16.2. The Labute approximate surface area is 175 Å². The molecule has 4 aromatic rings. The van der Waals surface area contributed by atoms with E-state index in [2.05, 4.69) is 9.97 Å². The van der Waals surface area contributed by atoms with Gasteiger partial charge < -0.3 is 9.32 Å². The summed E-state index contributed by atoms with van der Waals surface area (Å²) in [6.45, 7) is 0.236. The molecule has 31 heavy (non-hydrogen) atoms. The predicted molar refractivity (Wildman–Crippen MR) is 109 cm³/mol. The maximum atomic E-state index is 13.5. The van der Waals surface area contributed by atoms with Gasteiger partial charge in [-0.15, -0.1) is 0 Å². The minimum atomic E-state index is -2.65. The first-order valence-corrected chi connectivity index (χ1v) is 9.75. The molecule has 2 aromatic heterocycles. The number of fused-ring (bicyclic) bond motifs is 2. The van der Waals surface area contributed by atoms with Crippen molar-refractivity contribution in [1.82, 2.24) is 14.9 Å². The molecule has 1 N–H and O–H groups in total. The summed E-state index contributed by atoms with van der Waals surface area (Å²) in [6, 6.07) is 14.8. The number of oxazole rings is 1. The summed E-state index contributed by atoms with van der Waals surface area (Å²) in [6.07, 6.45) is -0.996. The van der Waals surface area contributed by atoms with Gasteiger partial charge in [0.2, 0.25) is 0 Å². The van der Waals surface area contributed by atoms with Crippen LogP contribution in [-0.4, -0.2) is 20.8 Å². The van der Waals surface area contributed by atoms with Crippen LogP contribution in [0.3, 0.4) is 0 Å². The van der Waals surface area contributed by atoms with Crippen molar-refractivity contribution < 1.29 is 18.0 Å². The Kier molecular flexibility index (Phi) is 4.62. The van der Waals surface area contributed by atoms with E-state index in [9.17, 15) is 18.4 Å². The number of H-pyrrole nitrogens is 1. The van der Waals surface area contributed by atoms with E-state index in [0.29, 0.717) is 16.7 Å². The van der Waals surface area contributed by atoms with Crippen LogP contribution in [0.5, 0.6) is 0 Å². The summed E-state index contributed by atoms with van der Waals surface area (Å²) in [4.78, 5) is 33.0. The van der Waals surface area contributed by atoms with Crippen LogP contribution in [0, 0.1) is 0 Å². The highest BCUT2D eigenvalue weighted by atomic mass is 19.3. The third-order valence-corrected chi connectivity index (χ3v) is 5.57. The van der Waals surface area contributed by atoms with E-state index < -0.39 is 18.2 Å². The Balaban J connectivity index is 1.53. The van der Waals surface area contributed by atoms with Crippen LogP contribution in [0.15, 0.2) is 70.0 Å². The number of carbonyl (C=O) groups is 1. The lowest BCUT2D eigenvalue weighted by Crippen LogP contribution is -2.29. The highest BCUT2D eigenvalue weighted by molar-refractivity contribution is 5.99. The van der Waals surface area contributed by atoms with Gasteiger partial charge in [-0.3, -0.25) is 14.8 Å². The minimum absolute atomic E-state index is 0.130. The van der Waals surface area contributed by atoms with Gasteiger partial charge in [-0.25, -0.2) is 13.6 Å². The molecular formula is C23H17F2N3O3. The first kappa shape index (κ1) is 19.2. The Hall–Kier alpha value is -3.81. The number of carbonyl (C=O) groups excluding carboxylic acids is 1. The second kappa shape index (κ2) is 7.46. The van der Waals surface area contributed by atoms with E-state index in [1.807, 2.05) is 12.1 Å². The van der Waals surface area contributed by atoms with Gasteiger partial charge in [0.25, 0.3) is 12.3 Å². The molecule has 1 aliphatic rings. The first-order chi connectivity index (χ1) is 15.0. The molecular weight excluding hydrogens is 404 g/mol. The number of hydrogen-bond donors (Lipinski definition) is 1. The van der Waals surface area contributed by atoms with E-state index in [-0.39, 0.29) is 30.1 Å². The summed E-state index contributed by atoms with van der Waals surface area (Å²) < 4.78 is 32.1. The number of amides is 1. The van der Waals surface area contributed by atoms with Crippen molar-refractivity contribution in [2.24, 2.45) is 0 Å². The third kappa shape index (κ3) is 3.39. The van der Waals surface area contributed by atoms with E-state index in [0.717, 1.165) is 11.1 Å². The van der Waals surface area contributed by atoms with Crippen molar-refractivity contribution in [3.63, 3.8) is 0 Å². The number of benzene rings is 2. The largest absolute Gasteiger partial charge is 0.417 e. The van der Waals surface area contributed by atoms with Gasteiger partial charge in [-0.2, -0.15) is 0 Å². The fraction of sp³-hybridized carbons (Fsp3) is 0.174. The fourth-order valence-electron chi connectivity index (χ4n) is 4.14. The fourth-order valence-corrected chi connectivity index (χ4v) is 4.14. The molecule has 8 heteroatoms. The lowest BCUT2D eigenvalue weighted by molar-refractivity contribution is 0.0707. The van der Waals surface area contributed by atoms with E-state index in [4.69, 9.17) is 4.42 Å². The second-order valence-electron chi connectivity index (χ2n) is 7.43. The summed E-state index contributed by atoms with van der Waals surface area (Å²) in [5.41, 5.74) is 3.20. The summed E-state index contributed by atoms with van der Waals surface area (Å²) >= 11 is 0. The second-order valence-corrected chi connectivity index (χ2v) is 7.43. The minimum Gasteiger partial charge on any atom is -0.408 e. The Morgan fingerprint density at radius 1 is 1.10 bits per heavy atom. The van der Waals surface area contributed by atoms with Crippen molar-refractivity contribution in [2.45, 2.75) is 25.4 Å². The molecule has 5 rings (SSSR count). The molecule has 0 saturated carbocycles. The zero-order valence-corrected chi connectivity index (χ0v) is 16.2. The molecule has 0 saturated heterocycles. The maximum Gasteiger partial charge on any atom is 0.417 e. The maximum absolute atomic E-state index is 13.5. The number of pyridine rings is 1. The SMILES string of the molecule is O=C1c2ccccc2[C@H](Cc2ncccc2C(F)F)N1Cc1ccc2[nH]c(=O)oc2c1. The van der Waals surface area contributed by atoms with Crippen LogP contribution in [0.4, 0.5) is 8.78 Å². The van der Waals surface area contributed by atoms with Crippen molar-refractivity contribution in [3.05, 3.63) is 99.3 Å². The molecule has 0 unspecified atom stereocenters. The normalized spacial score (nSPS) is 15.8. The average molecular weight is 421 g/mol. The highest BCUT2D eigenvalue weighted by Crippen LogP contribution is 2.38. The molecule has 0 bridgehead atoms. The lowest BCUT2D eigenvalue weighted by Gasteiger charge is -2.26. The number of alkyl halides is 2. The quantitative estimate of drug-likeness (QED) is 0.518. The van der Waals surface area contributed by atoms with E-state index >= 15 is 0 Å². The van der Waals surface area contributed by atoms with E-state index in [1.54, 1.807) is 35.2 Å². The van der Waals surface area contributed by atoms with Crippen LogP contribution >= 0.6 is 0 Å². The smallest absolute Gasteiger partial charge is 0.408 e. The summed E-state index contributed by atoms with van der Waals surface area (Å²) in [7, 11) is 0. The molecule has 1 atom stereocenters. The summed E-state index contributed by atoms with van der Waals surface area (Å²) in [5.74, 6) is -0.727. The van der Waals surface area contributed by atoms with Gasteiger partial charge in [0, 0.05) is 30.3 Å². The lowest BCUT2D eigenvalue weighted by atomic mass is 9.98.